The maximum absolute atomic E-state index is 5.84. The molecule has 1 aliphatic rings. The first-order valence-corrected chi connectivity index (χ1v) is 6.35. The van der Waals surface area contributed by atoms with Crippen molar-refractivity contribution >= 4 is 12.4 Å². The van der Waals surface area contributed by atoms with Crippen molar-refractivity contribution in [2.24, 2.45) is 5.73 Å². The highest BCUT2D eigenvalue weighted by atomic mass is 35.5. The van der Waals surface area contributed by atoms with Crippen molar-refractivity contribution in [3.8, 4) is 5.75 Å². The van der Waals surface area contributed by atoms with Crippen LogP contribution >= 0.6 is 12.4 Å². The summed E-state index contributed by atoms with van der Waals surface area (Å²) in [5.41, 5.74) is 8.35. The van der Waals surface area contributed by atoms with Gasteiger partial charge in [-0.2, -0.15) is 0 Å². The highest BCUT2D eigenvalue weighted by Gasteiger charge is 2.34. The molecular formula is C16H18ClNO. The first-order chi connectivity index (χ1) is 8.83. The van der Waals surface area contributed by atoms with Crippen LogP contribution in [0.3, 0.4) is 0 Å². The molecule has 19 heavy (non-hydrogen) atoms. The normalized spacial score (nSPS) is 20.5. The van der Waals surface area contributed by atoms with Gasteiger partial charge in [-0.05, 0) is 29.7 Å². The summed E-state index contributed by atoms with van der Waals surface area (Å²) in [4.78, 5) is 0. The molecule has 1 aliphatic carbocycles. The van der Waals surface area contributed by atoms with E-state index in [1.54, 1.807) is 0 Å². The maximum atomic E-state index is 5.84. The molecule has 0 amide bonds. The first-order valence-electron chi connectivity index (χ1n) is 6.35. The second-order valence-electron chi connectivity index (χ2n) is 4.85. The van der Waals surface area contributed by atoms with Gasteiger partial charge in [0.25, 0.3) is 0 Å². The fourth-order valence-corrected chi connectivity index (χ4v) is 2.15. The van der Waals surface area contributed by atoms with Crippen LogP contribution in [0.5, 0.6) is 5.75 Å². The molecule has 1 fully saturated rings. The van der Waals surface area contributed by atoms with E-state index in [0.717, 1.165) is 12.2 Å². The number of ether oxygens (including phenoxy) is 1. The molecule has 100 valence electrons. The van der Waals surface area contributed by atoms with Crippen LogP contribution in [0.15, 0.2) is 54.6 Å². The van der Waals surface area contributed by atoms with E-state index >= 15 is 0 Å². The Morgan fingerprint density at radius 2 is 1.63 bits per heavy atom. The smallest absolute Gasteiger partial charge is 0.119 e. The molecule has 0 unspecified atom stereocenters. The first kappa shape index (κ1) is 13.9. The van der Waals surface area contributed by atoms with Gasteiger partial charge in [-0.1, -0.05) is 42.5 Å². The van der Waals surface area contributed by atoms with E-state index in [1.165, 1.54) is 11.1 Å². The summed E-state index contributed by atoms with van der Waals surface area (Å²) in [5, 5.41) is 0. The molecular weight excluding hydrogens is 258 g/mol. The maximum Gasteiger partial charge on any atom is 0.119 e. The second kappa shape index (κ2) is 6.09. The molecule has 3 rings (SSSR count). The Kier molecular flexibility index (Phi) is 4.46. The van der Waals surface area contributed by atoms with E-state index in [0.29, 0.717) is 18.6 Å². The summed E-state index contributed by atoms with van der Waals surface area (Å²) in [6.45, 7) is 0.614. The molecule has 0 spiro atoms. The summed E-state index contributed by atoms with van der Waals surface area (Å²) in [6.07, 6.45) is 1.12. The zero-order valence-corrected chi connectivity index (χ0v) is 11.5. The predicted molar refractivity (Wildman–Crippen MR) is 79.8 cm³/mol. The number of hydrogen-bond acceptors (Lipinski definition) is 2. The van der Waals surface area contributed by atoms with Crippen molar-refractivity contribution in [3.05, 3.63) is 65.7 Å². The summed E-state index contributed by atoms with van der Waals surface area (Å²) < 4.78 is 5.74. The van der Waals surface area contributed by atoms with Gasteiger partial charge in [-0.15, -0.1) is 12.4 Å². The van der Waals surface area contributed by atoms with Crippen LogP contribution in [0.4, 0.5) is 0 Å². The molecule has 2 aromatic carbocycles. The van der Waals surface area contributed by atoms with Gasteiger partial charge in [0.05, 0.1) is 0 Å². The van der Waals surface area contributed by atoms with Crippen molar-refractivity contribution in [3.63, 3.8) is 0 Å². The minimum Gasteiger partial charge on any atom is -0.489 e. The van der Waals surface area contributed by atoms with Crippen LogP contribution in [-0.2, 0) is 6.61 Å². The molecule has 0 saturated heterocycles. The minimum absolute atomic E-state index is 0. The molecule has 2 atom stereocenters. The van der Waals surface area contributed by atoms with Gasteiger partial charge >= 0.3 is 0 Å². The van der Waals surface area contributed by atoms with Crippen LogP contribution < -0.4 is 10.5 Å². The highest BCUT2D eigenvalue weighted by Crippen LogP contribution is 2.39. The fourth-order valence-electron chi connectivity index (χ4n) is 2.15. The average Bonchev–Trinajstić information content (AvgIpc) is 3.15. The third-order valence-corrected chi connectivity index (χ3v) is 3.40. The fraction of sp³-hybridized carbons (Fsp3) is 0.250. The van der Waals surface area contributed by atoms with Crippen LogP contribution in [0.2, 0.25) is 0 Å². The average molecular weight is 276 g/mol. The SMILES string of the molecule is Cl.N[C@@H]1C[C@H]1c1ccc(OCc2ccccc2)cc1. The van der Waals surface area contributed by atoms with E-state index in [4.69, 9.17) is 10.5 Å². The van der Waals surface area contributed by atoms with Gasteiger partial charge in [0.15, 0.2) is 0 Å². The molecule has 2 aromatic rings. The number of nitrogens with two attached hydrogens (primary N) is 1. The third-order valence-electron chi connectivity index (χ3n) is 3.40. The van der Waals surface area contributed by atoms with E-state index in [2.05, 4.69) is 24.3 Å². The zero-order chi connectivity index (χ0) is 12.4. The lowest BCUT2D eigenvalue weighted by Crippen LogP contribution is -2.01. The summed E-state index contributed by atoms with van der Waals surface area (Å²) in [6, 6.07) is 18.9. The van der Waals surface area contributed by atoms with Gasteiger partial charge in [-0.3, -0.25) is 0 Å². The Balaban J connectivity index is 0.00000133. The summed E-state index contributed by atoms with van der Waals surface area (Å²) in [7, 11) is 0. The lowest BCUT2D eigenvalue weighted by atomic mass is 10.1. The van der Waals surface area contributed by atoms with Crippen molar-refractivity contribution < 1.29 is 4.74 Å². The van der Waals surface area contributed by atoms with Crippen LogP contribution in [-0.4, -0.2) is 6.04 Å². The molecule has 1 saturated carbocycles. The largest absolute Gasteiger partial charge is 0.489 e. The summed E-state index contributed by atoms with van der Waals surface area (Å²) in [5.74, 6) is 1.48. The van der Waals surface area contributed by atoms with Gasteiger partial charge < -0.3 is 10.5 Å². The lowest BCUT2D eigenvalue weighted by Gasteiger charge is -2.07. The summed E-state index contributed by atoms with van der Waals surface area (Å²) >= 11 is 0. The van der Waals surface area contributed by atoms with E-state index in [1.807, 2.05) is 30.3 Å². The third kappa shape index (κ3) is 3.49. The monoisotopic (exact) mass is 275 g/mol. The topological polar surface area (TPSA) is 35.2 Å². The molecule has 0 bridgehead atoms. The Bertz CT molecular complexity index is 512. The minimum atomic E-state index is 0. The van der Waals surface area contributed by atoms with Gasteiger partial charge in [0.1, 0.15) is 12.4 Å². The number of hydrogen-bond donors (Lipinski definition) is 1. The molecule has 2 nitrogen and oxygen atoms in total. The van der Waals surface area contributed by atoms with Crippen molar-refractivity contribution in [1.29, 1.82) is 0 Å². The Hall–Kier alpha value is -1.51. The molecule has 0 radical (unpaired) electrons. The Morgan fingerprint density at radius 1 is 1.00 bits per heavy atom. The molecule has 0 aromatic heterocycles. The van der Waals surface area contributed by atoms with E-state index < -0.39 is 0 Å². The van der Waals surface area contributed by atoms with Gasteiger partial charge in [0.2, 0.25) is 0 Å². The predicted octanol–water partition coefficient (Wildman–Crippen LogP) is 3.50. The van der Waals surface area contributed by atoms with Crippen molar-refractivity contribution in [2.45, 2.75) is 25.0 Å². The van der Waals surface area contributed by atoms with E-state index in [9.17, 15) is 0 Å². The molecule has 3 heteroatoms. The van der Waals surface area contributed by atoms with Crippen molar-refractivity contribution in [2.75, 3.05) is 0 Å². The van der Waals surface area contributed by atoms with Crippen LogP contribution in [0.25, 0.3) is 0 Å². The Labute approximate surface area is 120 Å². The molecule has 0 heterocycles. The van der Waals surface area contributed by atoms with Gasteiger partial charge in [0, 0.05) is 12.0 Å². The molecule has 0 aliphatic heterocycles. The van der Waals surface area contributed by atoms with Crippen LogP contribution in [0.1, 0.15) is 23.5 Å². The number of halogens is 1. The van der Waals surface area contributed by atoms with E-state index in [-0.39, 0.29) is 12.4 Å². The second-order valence-corrected chi connectivity index (χ2v) is 4.85. The highest BCUT2D eigenvalue weighted by molar-refractivity contribution is 5.85. The molecule has 2 N–H and O–H groups in total. The number of benzene rings is 2. The van der Waals surface area contributed by atoms with Crippen LogP contribution in [0, 0.1) is 0 Å². The lowest BCUT2D eigenvalue weighted by molar-refractivity contribution is 0.306. The quantitative estimate of drug-likeness (QED) is 0.927. The zero-order valence-electron chi connectivity index (χ0n) is 10.7. The van der Waals surface area contributed by atoms with Crippen molar-refractivity contribution in [1.82, 2.24) is 0 Å². The number of rotatable bonds is 4. The Morgan fingerprint density at radius 3 is 2.21 bits per heavy atom. The standard InChI is InChI=1S/C16H17NO.ClH/c17-16-10-15(16)13-6-8-14(9-7-13)18-11-12-4-2-1-3-5-12;/h1-9,15-16H,10-11,17H2;1H/t15-,16+;/m0./s1. The van der Waals surface area contributed by atoms with Gasteiger partial charge in [-0.25, -0.2) is 0 Å².